The van der Waals surface area contributed by atoms with Crippen LogP contribution in [0.25, 0.3) is 0 Å². The summed E-state index contributed by atoms with van der Waals surface area (Å²) in [5.41, 5.74) is 6.86. The topological polar surface area (TPSA) is 38.0 Å². The summed E-state index contributed by atoms with van der Waals surface area (Å²) in [6.07, 6.45) is 2.93. The van der Waals surface area contributed by atoms with E-state index in [1.54, 1.807) is 0 Å². The molecule has 2 rings (SSSR count). The maximum absolute atomic E-state index is 6.01. The third-order valence-corrected chi connectivity index (χ3v) is 3.87. The quantitative estimate of drug-likeness (QED) is 0.629. The van der Waals surface area contributed by atoms with Gasteiger partial charge in [-0.2, -0.15) is 0 Å². The first kappa shape index (κ1) is 15.0. The van der Waals surface area contributed by atoms with Crippen LogP contribution in [0.15, 0.2) is 48.5 Å². The second kappa shape index (κ2) is 7.44. The van der Waals surface area contributed by atoms with Crippen molar-refractivity contribution in [3.8, 4) is 0 Å². The minimum atomic E-state index is 0.257. The molecule has 20 heavy (non-hydrogen) atoms. The van der Waals surface area contributed by atoms with E-state index in [-0.39, 0.29) is 6.04 Å². The Labute approximate surface area is 125 Å². The lowest BCUT2D eigenvalue weighted by atomic mass is 9.97. The predicted molar refractivity (Wildman–Crippen MR) is 85.8 cm³/mol. The van der Waals surface area contributed by atoms with E-state index in [2.05, 4.69) is 42.7 Å². The Kier molecular flexibility index (Phi) is 5.60. The summed E-state index contributed by atoms with van der Waals surface area (Å²) in [4.78, 5) is 0. The Morgan fingerprint density at radius 1 is 1.15 bits per heavy atom. The number of benzene rings is 2. The molecule has 0 saturated carbocycles. The highest BCUT2D eigenvalue weighted by Crippen LogP contribution is 2.15. The van der Waals surface area contributed by atoms with Crippen LogP contribution in [0.2, 0.25) is 5.02 Å². The Morgan fingerprint density at radius 2 is 1.95 bits per heavy atom. The lowest BCUT2D eigenvalue weighted by Crippen LogP contribution is -2.37. The molecule has 0 bridgehead atoms. The molecule has 2 nitrogen and oxygen atoms in total. The number of halogens is 1. The van der Waals surface area contributed by atoms with E-state index in [0.29, 0.717) is 0 Å². The van der Waals surface area contributed by atoms with Crippen LogP contribution in [0.4, 0.5) is 0 Å². The molecule has 1 unspecified atom stereocenters. The van der Waals surface area contributed by atoms with Gasteiger partial charge in [-0.3, -0.25) is 11.3 Å². The van der Waals surface area contributed by atoms with E-state index in [4.69, 9.17) is 17.4 Å². The van der Waals surface area contributed by atoms with Gasteiger partial charge in [0.2, 0.25) is 0 Å². The van der Waals surface area contributed by atoms with Crippen molar-refractivity contribution in [2.24, 2.45) is 5.84 Å². The first-order chi connectivity index (χ1) is 9.69. The number of aryl methyl sites for hydroxylation is 2. The van der Waals surface area contributed by atoms with Crippen LogP contribution in [-0.4, -0.2) is 6.04 Å². The van der Waals surface area contributed by atoms with Crippen molar-refractivity contribution in [2.75, 3.05) is 0 Å². The van der Waals surface area contributed by atoms with Crippen molar-refractivity contribution < 1.29 is 0 Å². The van der Waals surface area contributed by atoms with E-state index >= 15 is 0 Å². The van der Waals surface area contributed by atoms with Crippen molar-refractivity contribution in [1.82, 2.24) is 5.43 Å². The van der Waals surface area contributed by atoms with E-state index in [1.807, 2.05) is 18.2 Å². The molecule has 0 aliphatic carbocycles. The molecule has 0 amide bonds. The van der Waals surface area contributed by atoms with Gasteiger partial charge < -0.3 is 0 Å². The number of hydrazine groups is 1. The molecule has 106 valence electrons. The van der Waals surface area contributed by atoms with Gasteiger partial charge in [-0.25, -0.2) is 0 Å². The Bertz CT molecular complexity index is 554. The molecular weight excluding hydrogens is 268 g/mol. The van der Waals surface area contributed by atoms with Gasteiger partial charge in [-0.1, -0.05) is 48.0 Å². The molecule has 0 radical (unpaired) electrons. The number of hydrogen-bond acceptors (Lipinski definition) is 2. The van der Waals surface area contributed by atoms with Gasteiger partial charge in [0.1, 0.15) is 0 Å². The molecule has 0 heterocycles. The Morgan fingerprint density at radius 3 is 2.65 bits per heavy atom. The van der Waals surface area contributed by atoms with Gasteiger partial charge >= 0.3 is 0 Å². The zero-order valence-corrected chi connectivity index (χ0v) is 12.5. The minimum absolute atomic E-state index is 0.257. The van der Waals surface area contributed by atoms with Crippen molar-refractivity contribution in [3.05, 3.63) is 70.2 Å². The predicted octanol–water partition coefficient (Wildman–Crippen LogP) is 3.66. The average Bonchev–Trinajstić information content (AvgIpc) is 2.45. The molecule has 0 aromatic heterocycles. The summed E-state index contributed by atoms with van der Waals surface area (Å²) >= 11 is 6.01. The average molecular weight is 289 g/mol. The zero-order valence-electron chi connectivity index (χ0n) is 11.8. The summed E-state index contributed by atoms with van der Waals surface area (Å²) in [5.74, 6) is 5.68. The van der Waals surface area contributed by atoms with Crippen LogP contribution in [0.5, 0.6) is 0 Å². The summed E-state index contributed by atoms with van der Waals surface area (Å²) < 4.78 is 0. The fourth-order valence-electron chi connectivity index (χ4n) is 2.41. The molecule has 2 aromatic rings. The minimum Gasteiger partial charge on any atom is -0.271 e. The van der Waals surface area contributed by atoms with Crippen LogP contribution in [-0.2, 0) is 12.8 Å². The van der Waals surface area contributed by atoms with E-state index in [9.17, 15) is 0 Å². The summed E-state index contributed by atoms with van der Waals surface area (Å²) in [6, 6.07) is 16.7. The van der Waals surface area contributed by atoms with Crippen LogP contribution in [0.3, 0.4) is 0 Å². The Hall–Kier alpha value is -1.35. The van der Waals surface area contributed by atoms with Crippen molar-refractivity contribution in [2.45, 2.75) is 32.2 Å². The molecule has 0 aliphatic heterocycles. The number of nitrogens with one attached hydrogen (secondary N) is 1. The standard InChI is InChI=1S/C17H21ClN2/c1-13-5-2-3-7-15(13)9-10-17(20-19)12-14-6-4-8-16(18)11-14/h2-8,11,17,20H,9-10,12,19H2,1H3. The van der Waals surface area contributed by atoms with Crippen molar-refractivity contribution >= 4 is 11.6 Å². The molecule has 0 fully saturated rings. The first-order valence-electron chi connectivity index (χ1n) is 6.94. The molecule has 0 aliphatic rings. The second-order valence-corrected chi connectivity index (χ2v) is 5.60. The van der Waals surface area contributed by atoms with Gasteiger partial charge in [-0.05, 0) is 55.0 Å². The Balaban J connectivity index is 1.94. The highest BCUT2D eigenvalue weighted by atomic mass is 35.5. The molecular formula is C17H21ClN2. The molecule has 0 spiro atoms. The van der Waals surface area contributed by atoms with E-state index in [1.165, 1.54) is 16.7 Å². The third kappa shape index (κ3) is 4.34. The highest BCUT2D eigenvalue weighted by molar-refractivity contribution is 6.30. The van der Waals surface area contributed by atoms with E-state index in [0.717, 1.165) is 24.3 Å². The van der Waals surface area contributed by atoms with Crippen LogP contribution < -0.4 is 11.3 Å². The van der Waals surface area contributed by atoms with Crippen molar-refractivity contribution in [3.63, 3.8) is 0 Å². The zero-order chi connectivity index (χ0) is 14.4. The third-order valence-electron chi connectivity index (χ3n) is 3.63. The largest absolute Gasteiger partial charge is 0.271 e. The maximum Gasteiger partial charge on any atom is 0.0408 e. The van der Waals surface area contributed by atoms with Gasteiger partial charge in [0, 0.05) is 11.1 Å². The lowest BCUT2D eigenvalue weighted by Gasteiger charge is -2.16. The highest BCUT2D eigenvalue weighted by Gasteiger charge is 2.09. The summed E-state index contributed by atoms with van der Waals surface area (Å²) in [5, 5.41) is 0.775. The van der Waals surface area contributed by atoms with Crippen LogP contribution in [0, 0.1) is 6.92 Å². The lowest BCUT2D eigenvalue weighted by molar-refractivity contribution is 0.491. The molecule has 3 heteroatoms. The molecule has 2 aromatic carbocycles. The molecule has 3 N–H and O–H groups in total. The van der Waals surface area contributed by atoms with Crippen LogP contribution in [0.1, 0.15) is 23.1 Å². The number of rotatable bonds is 6. The number of hydrogen-bond donors (Lipinski definition) is 2. The second-order valence-electron chi connectivity index (χ2n) is 5.16. The number of nitrogens with two attached hydrogens (primary N) is 1. The normalized spacial score (nSPS) is 12.3. The first-order valence-corrected chi connectivity index (χ1v) is 7.32. The fraction of sp³-hybridized carbons (Fsp3) is 0.294. The van der Waals surface area contributed by atoms with Gasteiger partial charge in [0.25, 0.3) is 0 Å². The molecule has 0 saturated heterocycles. The van der Waals surface area contributed by atoms with Crippen molar-refractivity contribution in [1.29, 1.82) is 0 Å². The summed E-state index contributed by atoms with van der Waals surface area (Å²) in [6.45, 7) is 2.15. The molecule has 1 atom stereocenters. The van der Waals surface area contributed by atoms with Crippen LogP contribution >= 0.6 is 11.6 Å². The van der Waals surface area contributed by atoms with Gasteiger partial charge in [0.05, 0.1) is 0 Å². The van der Waals surface area contributed by atoms with Gasteiger partial charge in [0.15, 0.2) is 0 Å². The monoisotopic (exact) mass is 288 g/mol. The fourth-order valence-corrected chi connectivity index (χ4v) is 2.63. The SMILES string of the molecule is Cc1ccccc1CCC(Cc1cccc(Cl)c1)NN. The summed E-state index contributed by atoms with van der Waals surface area (Å²) in [7, 11) is 0. The maximum atomic E-state index is 6.01. The smallest absolute Gasteiger partial charge is 0.0408 e. The van der Waals surface area contributed by atoms with Gasteiger partial charge in [-0.15, -0.1) is 0 Å². The van der Waals surface area contributed by atoms with E-state index < -0.39 is 0 Å².